The van der Waals surface area contributed by atoms with Crippen LogP contribution < -0.4 is 10.1 Å². The average molecular weight is 436 g/mol. The Balaban J connectivity index is 1.71. The minimum absolute atomic E-state index is 0.142. The summed E-state index contributed by atoms with van der Waals surface area (Å²) >= 11 is 0. The fourth-order valence-electron chi connectivity index (χ4n) is 2.67. The number of anilines is 1. The van der Waals surface area contributed by atoms with Crippen LogP contribution in [0, 0.1) is 10.1 Å². The lowest BCUT2D eigenvalue weighted by Gasteiger charge is -2.16. The van der Waals surface area contributed by atoms with Crippen LogP contribution in [0.4, 0.5) is 11.4 Å². The highest BCUT2D eigenvalue weighted by Gasteiger charge is 2.15. The Morgan fingerprint density at radius 1 is 1.17 bits per heavy atom. The molecule has 0 fully saturated rings. The third-order valence-electron chi connectivity index (χ3n) is 4.28. The molecule has 0 unspecified atom stereocenters. The Morgan fingerprint density at radius 2 is 1.90 bits per heavy atom. The molecule has 0 aromatic heterocycles. The Bertz CT molecular complexity index is 994. The predicted octanol–water partition coefficient (Wildman–Crippen LogP) is 2.73. The van der Waals surface area contributed by atoms with Crippen LogP contribution in [0.1, 0.15) is 12.8 Å². The van der Waals surface area contributed by atoms with Gasteiger partial charge in [0.15, 0.2) is 9.84 Å². The monoisotopic (exact) mass is 435 g/mol. The number of hydrogen-bond donors (Lipinski definition) is 1. The van der Waals surface area contributed by atoms with Crippen LogP contribution in [0.25, 0.3) is 0 Å². The van der Waals surface area contributed by atoms with Gasteiger partial charge in [-0.15, -0.1) is 0 Å². The quantitative estimate of drug-likeness (QED) is 0.327. The molecule has 2 aromatic carbocycles. The minimum Gasteiger partial charge on any atom is -0.494 e. The summed E-state index contributed by atoms with van der Waals surface area (Å²) in [7, 11) is -1.41. The van der Waals surface area contributed by atoms with Crippen LogP contribution in [0.3, 0.4) is 0 Å². The van der Waals surface area contributed by atoms with Gasteiger partial charge in [0.2, 0.25) is 5.91 Å². The first-order valence-electron chi connectivity index (χ1n) is 9.31. The van der Waals surface area contributed by atoms with Crippen molar-refractivity contribution in [1.82, 2.24) is 4.90 Å². The van der Waals surface area contributed by atoms with Crippen LogP contribution >= 0.6 is 0 Å². The maximum absolute atomic E-state index is 12.1. The van der Waals surface area contributed by atoms with Crippen molar-refractivity contribution in [3.63, 3.8) is 0 Å². The van der Waals surface area contributed by atoms with E-state index in [1.54, 1.807) is 24.3 Å². The van der Waals surface area contributed by atoms with Gasteiger partial charge >= 0.3 is 0 Å². The van der Waals surface area contributed by atoms with E-state index in [9.17, 15) is 23.3 Å². The number of hydrogen-bond acceptors (Lipinski definition) is 7. The molecule has 0 bridgehead atoms. The van der Waals surface area contributed by atoms with E-state index < -0.39 is 14.8 Å². The molecule has 0 spiro atoms. The molecule has 2 rings (SSSR count). The summed E-state index contributed by atoms with van der Waals surface area (Å²) in [4.78, 5) is 24.7. The van der Waals surface area contributed by atoms with Gasteiger partial charge in [-0.3, -0.25) is 14.9 Å². The Labute approximate surface area is 175 Å². The topological polar surface area (TPSA) is 119 Å². The third-order valence-corrected chi connectivity index (χ3v) is 5.39. The highest BCUT2D eigenvalue weighted by atomic mass is 32.2. The van der Waals surface area contributed by atoms with Gasteiger partial charge in [0.25, 0.3) is 5.69 Å². The number of nitrogens with one attached hydrogen (secondary N) is 1. The summed E-state index contributed by atoms with van der Waals surface area (Å²) in [5.41, 5.74) is 0.0381. The second-order valence-corrected chi connectivity index (χ2v) is 8.84. The molecule has 0 saturated carbocycles. The fraction of sp³-hybridized carbons (Fsp3) is 0.350. The number of rotatable bonds is 11. The van der Waals surface area contributed by atoms with Gasteiger partial charge in [-0.05, 0) is 37.7 Å². The molecule has 1 amide bonds. The van der Waals surface area contributed by atoms with Crippen molar-refractivity contribution in [2.45, 2.75) is 17.7 Å². The fourth-order valence-corrected chi connectivity index (χ4v) is 3.33. The van der Waals surface area contributed by atoms with Gasteiger partial charge in [0.05, 0.1) is 16.4 Å². The summed E-state index contributed by atoms with van der Waals surface area (Å²) in [5, 5.41) is 13.6. The third kappa shape index (κ3) is 7.45. The first kappa shape index (κ1) is 23.3. The molecule has 0 aliphatic carbocycles. The lowest BCUT2D eigenvalue weighted by atomic mass is 10.2. The van der Waals surface area contributed by atoms with Crippen LogP contribution in [-0.4, -0.2) is 57.1 Å². The number of amides is 1. The normalized spacial score (nSPS) is 11.3. The maximum Gasteiger partial charge on any atom is 0.292 e. The summed E-state index contributed by atoms with van der Waals surface area (Å²) in [6, 6.07) is 12.3. The first-order chi connectivity index (χ1) is 14.2. The number of carbonyl (C=O) groups is 1. The van der Waals surface area contributed by atoms with Crippen molar-refractivity contribution < 1.29 is 22.9 Å². The Hall–Kier alpha value is -2.98. The molecule has 30 heavy (non-hydrogen) atoms. The molecule has 1 N–H and O–H groups in total. The number of nitro benzene ring substituents is 1. The lowest BCUT2D eigenvalue weighted by molar-refractivity contribution is -0.383. The van der Waals surface area contributed by atoms with Gasteiger partial charge < -0.3 is 15.0 Å². The summed E-state index contributed by atoms with van der Waals surface area (Å²) in [6.45, 7) is 1.56. The molecular formula is C20H25N3O6S. The Kier molecular flexibility index (Phi) is 8.31. The predicted molar refractivity (Wildman–Crippen MR) is 114 cm³/mol. The second-order valence-electron chi connectivity index (χ2n) is 6.82. The van der Waals surface area contributed by atoms with Crippen molar-refractivity contribution in [2.75, 3.05) is 38.3 Å². The average Bonchev–Trinajstić information content (AvgIpc) is 2.69. The lowest BCUT2D eigenvalue weighted by Crippen LogP contribution is -2.26. The zero-order valence-electron chi connectivity index (χ0n) is 16.9. The SMILES string of the molecule is CN(CCCOc1cccc(S(C)(=O)=O)c1)CCC(=O)Nc1ccccc1[N+](=O)[O-]. The van der Waals surface area contributed by atoms with Gasteiger partial charge in [0.1, 0.15) is 11.4 Å². The number of para-hydroxylation sites is 2. The molecule has 0 radical (unpaired) electrons. The van der Waals surface area contributed by atoms with Gasteiger partial charge in [-0.2, -0.15) is 0 Å². The van der Waals surface area contributed by atoms with Crippen LogP contribution in [-0.2, 0) is 14.6 Å². The van der Waals surface area contributed by atoms with Gasteiger partial charge in [-0.25, -0.2) is 8.42 Å². The first-order valence-corrected chi connectivity index (χ1v) is 11.2. The van der Waals surface area contributed by atoms with E-state index in [1.807, 2.05) is 11.9 Å². The second kappa shape index (κ2) is 10.7. The molecule has 0 aliphatic rings. The summed E-state index contributed by atoms with van der Waals surface area (Å²) in [5.74, 6) is 0.189. The van der Waals surface area contributed by atoms with E-state index in [0.29, 0.717) is 31.9 Å². The Morgan fingerprint density at radius 3 is 2.60 bits per heavy atom. The zero-order chi connectivity index (χ0) is 22.1. The molecule has 0 aliphatic heterocycles. The van der Waals surface area contributed by atoms with Crippen LogP contribution in [0.5, 0.6) is 5.75 Å². The number of sulfone groups is 1. The minimum atomic E-state index is -3.28. The van der Waals surface area contributed by atoms with E-state index in [-0.39, 0.29) is 28.6 Å². The number of ether oxygens (including phenoxy) is 1. The number of nitrogens with zero attached hydrogens (tertiary/aromatic N) is 2. The molecule has 162 valence electrons. The van der Waals surface area contributed by atoms with Crippen LogP contribution in [0.15, 0.2) is 53.4 Å². The van der Waals surface area contributed by atoms with E-state index in [1.165, 1.54) is 24.3 Å². The summed E-state index contributed by atoms with van der Waals surface area (Å²) < 4.78 is 28.7. The van der Waals surface area contributed by atoms with Gasteiger partial charge in [-0.1, -0.05) is 18.2 Å². The standard InChI is InChI=1S/C20H25N3O6S/c1-22(12-6-14-29-16-7-5-8-17(15-16)30(2,27)28)13-11-20(24)21-18-9-3-4-10-19(18)23(25)26/h3-5,7-10,15H,6,11-14H2,1-2H3,(H,21,24). The summed E-state index contributed by atoms with van der Waals surface area (Å²) in [6.07, 6.45) is 2.03. The van der Waals surface area contributed by atoms with E-state index in [4.69, 9.17) is 4.74 Å². The molecule has 0 saturated heterocycles. The van der Waals surface area contributed by atoms with Gasteiger partial charge in [0, 0.05) is 31.8 Å². The maximum atomic E-state index is 12.1. The number of carbonyl (C=O) groups excluding carboxylic acids is 1. The van der Waals surface area contributed by atoms with E-state index in [2.05, 4.69) is 5.32 Å². The van der Waals surface area contributed by atoms with Crippen LogP contribution in [0.2, 0.25) is 0 Å². The largest absolute Gasteiger partial charge is 0.494 e. The van der Waals surface area contributed by atoms with Crippen molar-refractivity contribution in [3.05, 3.63) is 58.6 Å². The van der Waals surface area contributed by atoms with Crippen molar-refractivity contribution in [1.29, 1.82) is 0 Å². The van der Waals surface area contributed by atoms with E-state index in [0.717, 1.165) is 6.26 Å². The molecular weight excluding hydrogens is 410 g/mol. The molecule has 0 atom stereocenters. The van der Waals surface area contributed by atoms with Crippen molar-refractivity contribution in [3.8, 4) is 5.75 Å². The zero-order valence-corrected chi connectivity index (χ0v) is 17.7. The molecule has 0 heterocycles. The molecule has 9 nitrogen and oxygen atoms in total. The highest BCUT2D eigenvalue weighted by Crippen LogP contribution is 2.23. The number of benzene rings is 2. The molecule has 2 aromatic rings. The smallest absolute Gasteiger partial charge is 0.292 e. The van der Waals surface area contributed by atoms with Crippen molar-refractivity contribution in [2.24, 2.45) is 0 Å². The number of nitro groups is 1. The van der Waals surface area contributed by atoms with E-state index >= 15 is 0 Å². The molecule has 10 heteroatoms. The van der Waals surface area contributed by atoms with Crippen molar-refractivity contribution >= 4 is 27.1 Å². The highest BCUT2D eigenvalue weighted by molar-refractivity contribution is 7.90.